The molecule has 1 heterocycles. The Balaban J connectivity index is 1.45. The van der Waals surface area contributed by atoms with Gasteiger partial charge in [0.1, 0.15) is 0 Å². The molecule has 0 aliphatic heterocycles. The summed E-state index contributed by atoms with van der Waals surface area (Å²) in [4.78, 5) is 27.0. The number of aromatic amines is 1. The van der Waals surface area contributed by atoms with E-state index in [1.54, 1.807) is 0 Å². The van der Waals surface area contributed by atoms with Crippen LogP contribution in [0.4, 0.5) is 0 Å². The van der Waals surface area contributed by atoms with Crippen LogP contribution in [0.2, 0.25) is 0 Å². The maximum atomic E-state index is 12.3. The van der Waals surface area contributed by atoms with E-state index in [0.717, 1.165) is 12.0 Å². The van der Waals surface area contributed by atoms with Gasteiger partial charge in [-0.15, -0.1) is 0 Å². The molecular formula is C27H37N3O2. The van der Waals surface area contributed by atoms with E-state index in [9.17, 15) is 9.59 Å². The van der Waals surface area contributed by atoms with Crippen molar-refractivity contribution in [3.63, 3.8) is 0 Å². The zero-order valence-electron chi connectivity index (χ0n) is 19.4. The molecule has 0 atom stereocenters. The summed E-state index contributed by atoms with van der Waals surface area (Å²) in [6.45, 7) is 2.62. The van der Waals surface area contributed by atoms with Gasteiger partial charge in [-0.25, -0.2) is 14.3 Å². The molecule has 0 aliphatic rings. The normalized spacial score (nSPS) is 11.2. The van der Waals surface area contributed by atoms with Crippen LogP contribution in [0.5, 0.6) is 0 Å². The second-order valence-corrected chi connectivity index (χ2v) is 8.69. The molecule has 32 heavy (non-hydrogen) atoms. The second-order valence-electron chi connectivity index (χ2n) is 8.69. The number of rotatable bonds is 14. The number of benzene rings is 2. The minimum absolute atomic E-state index is 0.352. The topological polar surface area (TPSA) is 59.8 Å². The van der Waals surface area contributed by atoms with E-state index in [1.807, 2.05) is 30.3 Å². The largest absolute Gasteiger partial charge is 0.349 e. The Kier molecular flexibility index (Phi) is 9.60. The van der Waals surface area contributed by atoms with Gasteiger partial charge in [0, 0.05) is 0 Å². The Morgan fingerprint density at radius 1 is 0.656 bits per heavy atom. The highest BCUT2D eigenvalue weighted by Gasteiger charge is 2.11. The fourth-order valence-electron chi connectivity index (χ4n) is 4.18. The first-order valence-corrected chi connectivity index (χ1v) is 12.2. The molecule has 0 amide bonds. The smallest absolute Gasteiger partial charge is 0.256 e. The van der Waals surface area contributed by atoms with E-state index >= 15 is 0 Å². The summed E-state index contributed by atoms with van der Waals surface area (Å²) in [6.07, 6.45) is 14.6. The molecule has 0 unspecified atom stereocenters. The van der Waals surface area contributed by atoms with Crippen molar-refractivity contribution < 1.29 is 0 Å². The summed E-state index contributed by atoms with van der Waals surface area (Å²) in [5, 5.41) is 0. The molecule has 0 saturated carbocycles. The number of aryl methyl sites for hydroxylation is 1. The van der Waals surface area contributed by atoms with Crippen LogP contribution in [-0.4, -0.2) is 14.3 Å². The van der Waals surface area contributed by atoms with Crippen LogP contribution in [-0.2, 0) is 13.0 Å². The third-order valence-corrected chi connectivity index (χ3v) is 6.06. The van der Waals surface area contributed by atoms with E-state index in [0.29, 0.717) is 12.2 Å². The third kappa shape index (κ3) is 7.11. The summed E-state index contributed by atoms with van der Waals surface area (Å²) in [6, 6.07) is 17.6. The number of hydrogen-bond donors (Lipinski definition) is 1. The molecule has 172 valence electrons. The van der Waals surface area contributed by atoms with Crippen molar-refractivity contribution in [2.75, 3.05) is 0 Å². The molecule has 0 saturated heterocycles. The van der Waals surface area contributed by atoms with E-state index in [4.69, 9.17) is 0 Å². The van der Waals surface area contributed by atoms with Crippen molar-refractivity contribution in [2.45, 2.75) is 84.1 Å². The van der Waals surface area contributed by atoms with E-state index in [1.165, 1.54) is 79.1 Å². The first-order chi connectivity index (χ1) is 15.7. The molecule has 1 aromatic heterocycles. The van der Waals surface area contributed by atoms with Gasteiger partial charge in [-0.05, 0) is 36.1 Å². The average molecular weight is 436 g/mol. The number of unbranched alkanes of at least 4 members (excludes halogenated alkanes) is 9. The molecule has 0 aliphatic carbocycles. The van der Waals surface area contributed by atoms with Gasteiger partial charge in [-0.2, -0.15) is 4.68 Å². The standard InChI is InChI=1S/C27H37N3O2/c1-2-3-4-5-6-7-8-9-10-12-15-23-18-20-24(21-19-23)22-29-26(31)28-27(32)30(29)25-16-13-11-14-17-25/h11,13-14,16-21H,2-10,12,15,22H2,1H3,(H,28,31,32). The Hall–Kier alpha value is -2.82. The zero-order valence-corrected chi connectivity index (χ0v) is 19.4. The van der Waals surface area contributed by atoms with E-state index < -0.39 is 11.4 Å². The van der Waals surface area contributed by atoms with Crippen molar-refractivity contribution >= 4 is 0 Å². The van der Waals surface area contributed by atoms with E-state index in [2.05, 4.69) is 36.2 Å². The monoisotopic (exact) mass is 435 g/mol. The Labute approximate surface area is 191 Å². The van der Waals surface area contributed by atoms with Crippen LogP contribution in [0, 0.1) is 0 Å². The zero-order chi connectivity index (χ0) is 22.6. The molecule has 2 aromatic carbocycles. The van der Waals surface area contributed by atoms with Crippen molar-refractivity contribution in [3.05, 3.63) is 86.7 Å². The SMILES string of the molecule is CCCCCCCCCCCCc1ccc(Cn2c(=O)[nH]c(=O)n2-c2ccccc2)cc1. The molecule has 3 aromatic rings. The minimum Gasteiger partial charge on any atom is -0.256 e. The lowest BCUT2D eigenvalue weighted by Gasteiger charge is -2.10. The lowest BCUT2D eigenvalue weighted by Crippen LogP contribution is -2.26. The van der Waals surface area contributed by atoms with Crippen molar-refractivity contribution in [3.8, 4) is 5.69 Å². The van der Waals surface area contributed by atoms with Crippen molar-refractivity contribution in [1.82, 2.24) is 14.3 Å². The molecule has 0 fully saturated rings. The number of hydrogen-bond acceptors (Lipinski definition) is 2. The van der Waals surface area contributed by atoms with Crippen LogP contribution in [0.25, 0.3) is 5.69 Å². The van der Waals surface area contributed by atoms with Gasteiger partial charge < -0.3 is 0 Å². The fraction of sp³-hybridized carbons (Fsp3) is 0.481. The number of aromatic nitrogens is 3. The number of para-hydroxylation sites is 1. The average Bonchev–Trinajstić information content (AvgIpc) is 3.09. The molecule has 5 nitrogen and oxygen atoms in total. The Morgan fingerprint density at radius 2 is 1.22 bits per heavy atom. The third-order valence-electron chi connectivity index (χ3n) is 6.06. The lowest BCUT2D eigenvalue weighted by atomic mass is 10.0. The van der Waals surface area contributed by atoms with Crippen molar-refractivity contribution in [1.29, 1.82) is 0 Å². The van der Waals surface area contributed by atoms with Gasteiger partial charge in [0.25, 0.3) is 0 Å². The first-order valence-electron chi connectivity index (χ1n) is 12.2. The molecule has 0 spiro atoms. The highest BCUT2D eigenvalue weighted by molar-refractivity contribution is 5.30. The first kappa shape index (κ1) is 23.8. The van der Waals surface area contributed by atoms with Crippen LogP contribution in [0.15, 0.2) is 64.2 Å². The van der Waals surface area contributed by atoms with Gasteiger partial charge in [0.15, 0.2) is 0 Å². The van der Waals surface area contributed by atoms with Gasteiger partial charge in [-0.3, -0.25) is 4.98 Å². The van der Waals surface area contributed by atoms with Crippen LogP contribution in [0.1, 0.15) is 82.3 Å². The molecule has 1 N–H and O–H groups in total. The van der Waals surface area contributed by atoms with Gasteiger partial charge >= 0.3 is 11.4 Å². The molecule has 0 bridgehead atoms. The highest BCUT2D eigenvalue weighted by atomic mass is 16.2. The molecule has 5 heteroatoms. The summed E-state index contributed by atoms with van der Waals surface area (Å²) in [5.41, 5.74) is 2.19. The van der Waals surface area contributed by atoms with Gasteiger partial charge in [0.2, 0.25) is 0 Å². The lowest BCUT2D eigenvalue weighted by molar-refractivity contribution is 0.556. The van der Waals surface area contributed by atoms with E-state index in [-0.39, 0.29) is 0 Å². The highest BCUT2D eigenvalue weighted by Crippen LogP contribution is 2.13. The second kappa shape index (κ2) is 12.9. The predicted octanol–water partition coefficient (Wildman–Crippen LogP) is 5.84. The minimum atomic E-state index is -0.418. The van der Waals surface area contributed by atoms with Crippen LogP contribution in [0.3, 0.4) is 0 Å². The Bertz CT molecular complexity index is 1030. The fourth-order valence-corrected chi connectivity index (χ4v) is 4.18. The number of nitrogens with zero attached hydrogens (tertiary/aromatic N) is 2. The molecule has 3 rings (SSSR count). The molecule has 0 radical (unpaired) electrons. The Morgan fingerprint density at radius 3 is 1.84 bits per heavy atom. The maximum Gasteiger partial charge on any atom is 0.349 e. The maximum absolute atomic E-state index is 12.3. The summed E-state index contributed by atoms with van der Waals surface area (Å²) in [5.74, 6) is 0. The predicted molar refractivity (Wildman–Crippen MR) is 132 cm³/mol. The van der Waals surface area contributed by atoms with Gasteiger partial charge in [-0.1, -0.05) is 107 Å². The van der Waals surface area contributed by atoms with Gasteiger partial charge in [0.05, 0.1) is 12.2 Å². The summed E-state index contributed by atoms with van der Waals surface area (Å²) >= 11 is 0. The summed E-state index contributed by atoms with van der Waals surface area (Å²) < 4.78 is 2.86. The van der Waals surface area contributed by atoms with Crippen LogP contribution >= 0.6 is 0 Å². The summed E-state index contributed by atoms with van der Waals surface area (Å²) in [7, 11) is 0. The number of H-pyrrole nitrogens is 1. The van der Waals surface area contributed by atoms with Crippen molar-refractivity contribution in [2.24, 2.45) is 0 Å². The quantitative estimate of drug-likeness (QED) is 0.323. The van der Waals surface area contributed by atoms with Crippen LogP contribution < -0.4 is 11.4 Å². The molecular weight excluding hydrogens is 398 g/mol. The number of nitrogens with one attached hydrogen (secondary N) is 1.